The van der Waals surface area contributed by atoms with Crippen molar-refractivity contribution in [1.29, 1.82) is 0 Å². The average Bonchev–Trinajstić information content (AvgIpc) is 2.65. The largest absolute Gasteiger partial charge is 0.424 e. The second-order valence-electron chi connectivity index (χ2n) is 7.72. The van der Waals surface area contributed by atoms with Crippen molar-refractivity contribution in [3.8, 4) is 5.46 Å². The summed E-state index contributed by atoms with van der Waals surface area (Å²) in [5, 5.41) is 5.31. The summed E-state index contributed by atoms with van der Waals surface area (Å²) in [5.41, 5.74) is 6.72. The Bertz CT molecular complexity index is 1320. The van der Waals surface area contributed by atoms with Crippen molar-refractivity contribution < 1.29 is 4.31 Å². The van der Waals surface area contributed by atoms with Crippen molar-refractivity contribution in [2.45, 2.75) is 20.8 Å². The normalized spacial score (nSPS) is 11.5. The number of pyridine rings is 1. The highest BCUT2D eigenvalue weighted by Crippen LogP contribution is 2.27. The van der Waals surface area contributed by atoms with Gasteiger partial charge in [-0.15, -0.1) is 10.7 Å². The Morgan fingerprint density at radius 2 is 1.33 bits per heavy atom. The summed E-state index contributed by atoms with van der Waals surface area (Å²) < 4.78 is 2.42. The van der Waals surface area contributed by atoms with Gasteiger partial charge in [0, 0.05) is 12.1 Å². The smallest absolute Gasteiger partial charge is 0.237 e. The Balaban J connectivity index is 2.03. The lowest BCUT2D eigenvalue weighted by Gasteiger charge is -2.21. The zero-order chi connectivity index (χ0) is 18.5. The van der Waals surface area contributed by atoms with Gasteiger partial charge in [-0.25, -0.2) is 0 Å². The molecule has 0 saturated carbocycles. The van der Waals surface area contributed by atoms with Gasteiger partial charge in [0.15, 0.2) is 5.52 Å². The van der Waals surface area contributed by atoms with Gasteiger partial charge in [-0.05, 0) is 49.1 Å². The van der Waals surface area contributed by atoms with E-state index in [0.29, 0.717) is 0 Å². The van der Waals surface area contributed by atoms with Crippen molar-refractivity contribution >= 4 is 33.4 Å². The third kappa shape index (κ3) is 2.56. The van der Waals surface area contributed by atoms with Gasteiger partial charge in [0.2, 0.25) is 6.49 Å². The quantitative estimate of drug-likeness (QED) is 0.344. The van der Waals surface area contributed by atoms with Crippen LogP contribution in [0.4, 0.5) is 0 Å². The Labute approximate surface area is 160 Å². The minimum absolute atomic E-state index is 0.200. The van der Waals surface area contributed by atoms with E-state index in [1.165, 1.54) is 49.1 Å². The molecule has 27 heavy (non-hydrogen) atoms. The number of hydrogen-bond donors (Lipinski definition) is 0. The molecule has 2 heterocycles. The van der Waals surface area contributed by atoms with E-state index in [-0.39, 0.29) is 6.49 Å². The Morgan fingerprint density at radius 3 is 2.07 bits per heavy atom. The van der Waals surface area contributed by atoms with Crippen molar-refractivity contribution in [2.24, 2.45) is 0 Å². The summed E-state index contributed by atoms with van der Waals surface area (Å²) in [6.45, 7) is 6.88. The monoisotopic (exact) mass is 347 g/mol. The Kier molecular flexibility index (Phi) is 3.61. The molecule has 130 valence electrons. The number of fused-ring (bicyclic) bond motifs is 3. The zero-order valence-corrected chi connectivity index (χ0v) is 16.0. The molecule has 0 aliphatic carbocycles. The van der Waals surface area contributed by atoms with Gasteiger partial charge in [-0.2, -0.15) is 0 Å². The minimum atomic E-state index is 0.200. The first kappa shape index (κ1) is 16.2. The first-order valence-corrected chi connectivity index (χ1v) is 9.57. The van der Waals surface area contributed by atoms with Crippen LogP contribution in [-0.2, 0) is 0 Å². The highest BCUT2D eigenvalue weighted by molar-refractivity contribution is 6.69. The second kappa shape index (κ2) is 6.02. The first-order valence-electron chi connectivity index (χ1n) is 9.57. The maximum atomic E-state index is 2.42. The summed E-state index contributed by atoms with van der Waals surface area (Å²) in [4.78, 5) is 0. The van der Waals surface area contributed by atoms with E-state index < -0.39 is 0 Å². The van der Waals surface area contributed by atoms with Crippen LogP contribution in [-0.4, -0.2) is 6.49 Å². The van der Waals surface area contributed by atoms with Gasteiger partial charge in [0.25, 0.3) is 0 Å². The molecule has 2 heteroatoms. The van der Waals surface area contributed by atoms with Crippen LogP contribution in [0, 0.1) is 20.8 Å². The van der Waals surface area contributed by atoms with Gasteiger partial charge in [-0.3, -0.25) is 0 Å². The van der Waals surface area contributed by atoms with Crippen LogP contribution < -0.4 is 4.31 Å². The van der Waals surface area contributed by atoms with Gasteiger partial charge in [-0.1, -0.05) is 65.2 Å². The fraction of sp³-hybridized carbons (Fsp3) is 0.120. The van der Waals surface area contributed by atoms with E-state index in [2.05, 4.69) is 104 Å². The van der Waals surface area contributed by atoms with Crippen LogP contribution in [0.2, 0.25) is 0 Å². The molecule has 2 aromatic heterocycles. The summed E-state index contributed by atoms with van der Waals surface area (Å²) in [5.74, 6) is 0. The lowest BCUT2D eigenvalue weighted by molar-refractivity contribution is -0.450. The third-order valence-electron chi connectivity index (χ3n) is 5.76. The molecule has 0 fully saturated rings. The maximum Gasteiger partial charge on any atom is 0.237 e. The van der Waals surface area contributed by atoms with Gasteiger partial charge in [0.05, 0.1) is 0 Å². The Hall–Kier alpha value is -3.00. The van der Waals surface area contributed by atoms with Crippen LogP contribution in [0.25, 0.3) is 32.4 Å². The van der Waals surface area contributed by atoms with E-state index in [1.807, 2.05) is 0 Å². The average molecular weight is 347 g/mol. The molecule has 0 bridgehead atoms. The molecule has 0 spiro atoms. The van der Waals surface area contributed by atoms with Crippen LogP contribution in [0.1, 0.15) is 16.7 Å². The fourth-order valence-electron chi connectivity index (χ4n) is 4.69. The molecule has 1 nitrogen and oxygen atoms in total. The minimum Gasteiger partial charge on any atom is -0.424 e. The molecule has 3 aromatic carbocycles. The number of hydrogen-bond acceptors (Lipinski definition) is 0. The molecule has 0 amide bonds. The predicted octanol–water partition coefficient (Wildman–Crippen LogP) is 5.67. The molecular formula is C25H22BN. The van der Waals surface area contributed by atoms with Crippen LogP contribution in [0.5, 0.6) is 0 Å². The number of nitrogens with zero attached hydrogens (tertiary/aromatic N) is 1. The summed E-state index contributed by atoms with van der Waals surface area (Å²) in [7, 11) is 0. The summed E-state index contributed by atoms with van der Waals surface area (Å²) >= 11 is 0. The lowest BCUT2D eigenvalue weighted by Crippen LogP contribution is -2.37. The van der Waals surface area contributed by atoms with Crippen molar-refractivity contribution in [2.75, 3.05) is 0 Å². The molecule has 0 N–H and O–H groups in total. The highest BCUT2D eigenvalue weighted by Gasteiger charge is 2.13. The van der Waals surface area contributed by atoms with Crippen LogP contribution >= 0.6 is 0 Å². The summed E-state index contributed by atoms with van der Waals surface area (Å²) in [6, 6.07) is 26.8. The number of benzene rings is 3. The molecule has 0 aliphatic rings. The molecule has 0 radical (unpaired) electrons. The third-order valence-corrected chi connectivity index (χ3v) is 5.76. The molecule has 5 aromatic rings. The van der Waals surface area contributed by atoms with Crippen molar-refractivity contribution in [3.05, 3.63) is 95.7 Å². The number of aryl methyl sites for hydroxylation is 3. The van der Waals surface area contributed by atoms with E-state index >= 15 is 0 Å². The van der Waals surface area contributed by atoms with Gasteiger partial charge < -0.3 is 4.31 Å². The molecule has 0 aliphatic heterocycles. The number of rotatable bonds is 1. The van der Waals surface area contributed by atoms with E-state index in [4.69, 9.17) is 0 Å². The van der Waals surface area contributed by atoms with Crippen molar-refractivity contribution in [3.63, 3.8) is 0 Å². The lowest BCUT2D eigenvalue weighted by atomic mass is 9.60. The van der Waals surface area contributed by atoms with Gasteiger partial charge in [0.1, 0.15) is 6.20 Å². The predicted molar refractivity (Wildman–Crippen MR) is 116 cm³/mol. The van der Waals surface area contributed by atoms with Gasteiger partial charge >= 0.3 is 0 Å². The van der Waals surface area contributed by atoms with Crippen LogP contribution in [0.15, 0.2) is 79.0 Å². The topological polar surface area (TPSA) is 4.10 Å². The first-order chi connectivity index (χ1) is 13.1. The number of aromatic nitrogens is 1. The molecule has 0 atom stereocenters. The summed E-state index contributed by atoms with van der Waals surface area (Å²) in [6.07, 6.45) is 2.22. The Morgan fingerprint density at radius 1 is 0.667 bits per heavy atom. The second-order valence-corrected chi connectivity index (χ2v) is 7.72. The zero-order valence-electron chi connectivity index (χ0n) is 16.0. The molecular weight excluding hydrogens is 325 g/mol. The molecule has 0 unspecified atom stereocenters. The van der Waals surface area contributed by atoms with E-state index in [9.17, 15) is 0 Å². The highest BCUT2D eigenvalue weighted by atomic mass is 14.8. The fourth-order valence-corrected chi connectivity index (χ4v) is 4.69. The SMILES string of the molecule is Cc1cc(C)c(-[b-]2c3cc4ccccc4cc3cc3cccc[n+]23)c(C)c1. The standard InChI is InChI=1S/C25H22BN/c1-17-12-18(2)25(19(3)13-17)26-24-16-21-9-5-4-8-20(21)14-22(24)15-23-10-6-7-11-27(23)26/h4-16H,1-3H3. The van der Waals surface area contributed by atoms with E-state index in [1.54, 1.807) is 0 Å². The van der Waals surface area contributed by atoms with Crippen LogP contribution in [0.3, 0.4) is 0 Å². The maximum absolute atomic E-state index is 2.42. The molecule has 5 rings (SSSR count). The molecule has 0 saturated heterocycles. The van der Waals surface area contributed by atoms with E-state index in [0.717, 1.165) is 0 Å². The van der Waals surface area contributed by atoms with Crippen molar-refractivity contribution in [1.82, 2.24) is 0 Å².